The van der Waals surface area contributed by atoms with Gasteiger partial charge in [0.15, 0.2) is 0 Å². The second-order valence-corrected chi connectivity index (χ2v) is 4.84. The van der Waals surface area contributed by atoms with Crippen LogP contribution in [0.1, 0.15) is 6.92 Å². The van der Waals surface area contributed by atoms with Crippen molar-refractivity contribution in [3.8, 4) is 16.9 Å². The van der Waals surface area contributed by atoms with Crippen molar-refractivity contribution in [3.63, 3.8) is 0 Å². The maximum Gasteiger partial charge on any atom is 0.262 e. The normalized spacial score (nSPS) is 10.8. The molecule has 0 bridgehead atoms. The van der Waals surface area contributed by atoms with E-state index >= 15 is 0 Å². The minimum Gasteiger partial charge on any atom is -0.495 e. The van der Waals surface area contributed by atoms with Gasteiger partial charge in [-0.05, 0) is 24.6 Å². The van der Waals surface area contributed by atoms with Crippen LogP contribution in [-0.4, -0.2) is 11.7 Å². The van der Waals surface area contributed by atoms with Crippen LogP contribution < -0.4 is 10.3 Å². The molecule has 0 fully saturated rings. The summed E-state index contributed by atoms with van der Waals surface area (Å²) in [5.41, 5.74) is 2.40. The Labute approximate surface area is 123 Å². The Morgan fingerprint density at radius 3 is 2.33 bits per heavy atom. The second-order valence-electron chi connectivity index (χ2n) is 4.84. The largest absolute Gasteiger partial charge is 0.495 e. The molecule has 3 heteroatoms. The van der Waals surface area contributed by atoms with Crippen molar-refractivity contribution >= 4 is 10.9 Å². The van der Waals surface area contributed by atoms with Crippen LogP contribution in [0.3, 0.4) is 0 Å². The molecule has 0 saturated carbocycles. The van der Waals surface area contributed by atoms with Gasteiger partial charge in [0.2, 0.25) is 0 Å². The summed E-state index contributed by atoms with van der Waals surface area (Å²) >= 11 is 0. The summed E-state index contributed by atoms with van der Waals surface area (Å²) in [6, 6.07) is 17.5. The van der Waals surface area contributed by atoms with E-state index in [1.807, 2.05) is 61.5 Å². The zero-order valence-corrected chi connectivity index (χ0v) is 12.2. The number of aromatic nitrogens is 1. The number of pyridine rings is 1. The lowest BCUT2D eigenvalue weighted by atomic mass is 10.0. The summed E-state index contributed by atoms with van der Waals surface area (Å²) in [5.74, 6) is 0.645. The van der Waals surface area contributed by atoms with Crippen LogP contribution in [0.2, 0.25) is 0 Å². The quantitative estimate of drug-likeness (QED) is 0.732. The van der Waals surface area contributed by atoms with Gasteiger partial charge in [0.25, 0.3) is 5.56 Å². The number of rotatable bonds is 3. The maximum absolute atomic E-state index is 12.9. The Kier molecular flexibility index (Phi) is 3.48. The summed E-state index contributed by atoms with van der Waals surface area (Å²) < 4.78 is 7.37. The van der Waals surface area contributed by atoms with Crippen molar-refractivity contribution < 1.29 is 4.74 Å². The Morgan fingerprint density at radius 1 is 1.00 bits per heavy atom. The zero-order chi connectivity index (χ0) is 14.8. The van der Waals surface area contributed by atoms with Gasteiger partial charge in [-0.2, -0.15) is 0 Å². The standard InChI is InChI=1S/C18H17NO2/c1-3-19-15-12-8-7-11-14(15)17(21-2)16(18(19)20)13-9-5-4-6-10-13/h4-12H,3H2,1-2H3. The van der Waals surface area contributed by atoms with Crippen molar-refractivity contribution in [1.82, 2.24) is 4.57 Å². The van der Waals surface area contributed by atoms with Gasteiger partial charge >= 0.3 is 0 Å². The topological polar surface area (TPSA) is 31.2 Å². The van der Waals surface area contributed by atoms with Crippen molar-refractivity contribution in [2.45, 2.75) is 13.5 Å². The predicted molar refractivity (Wildman–Crippen MR) is 85.9 cm³/mol. The SMILES string of the molecule is CCn1c(=O)c(-c2ccccc2)c(OC)c2ccccc21. The van der Waals surface area contributed by atoms with Crippen LogP contribution in [0.4, 0.5) is 0 Å². The molecule has 3 nitrogen and oxygen atoms in total. The summed E-state index contributed by atoms with van der Waals surface area (Å²) in [4.78, 5) is 12.9. The van der Waals surface area contributed by atoms with E-state index in [2.05, 4.69) is 0 Å². The maximum atomic E-state index is 12.9. The zero-order valence-electron chi connectivity index (χ0n) is 12.2. The first-order valence-electron chi connectivity index (χ1n) is 7.03. The van der Waals surface area contributed by atoms with E-state index in [1.165, 1.54) is 0 Å². The molecule has 0 radical (unpaired) electrons. The van der Waals surface area contributed by atoms with E-state index in [-0.39, 0.29) is 5.56 Å². The summed E-state index contributed by atoms with van der Waals surface area (Å²) in [7, 11) is 1.62. The van der Waals surface area contributed by atoms with Gasteiger partial charge in [-0.25, -0.2) is 0 Å². The highest BCUT2D eigenvalue weighted by molar-refractivity contribution is 5.92. The first-order valence-corrected chi connectivity index (χ1v) is 7.03. The molecular formula is C18H17NO2. The highest BCUT2D eigenvalue weighted by atomic mass is 16.5. The van der Waals surface area contributed by atoms with Gasteiger partial charge in [0.1, 0.15) is 5.75 Å². The lowest BCUT2D eigenvalue weighted by Crippen LogP contribution is -2.22. The molecule has 2 aromatic carbocycles. The molecule has 0 aliphatic rings. The number of aryl methyl sites for hydroxylation is 1. The highest BCUT2D eigenvalue weighted by Gasteiger charge is 2.17. The summed E-state index contributed by atoms with van der Waals surface area (Å²) in [5, 5.41) is 0.959. The van der Waals surface area contributed by atoms with E-state index in [1.54, 1.807) is 11.7 Å². The molecule has 0 aliphatic carbocycles. The second kappa shape index (κ2) is 5.44. The van der Waals surface area contributed by atoms with E-state index in [0.29, 0.717) is 17.9 Å². The van der Waals surface area contributed by atoms with Crippen LogP contribution in [0.5, 0.6) is 5.75 Å². The van der Waals surface area contributed by atoms with Gasteiger partial charge < -0.3 is 9.30 Å². The fourth-order valence-corrected chi connectivity index (χ4v) is 2.76. The van der Waals surface area contributed by atoms with E-state index in [0.717, 1.165) is 16.5 Å². The average molecular weight is 279 g/mol. The molecule has 1 heterocycles. The van der Waals surface area contributed by atoms with E-state index < -0.39 is 0 Å². The highest BCUT2D eigenvalue weighted by Crippen LogP contribution is 2.33. The van der Waals surface area contributed by atoms with Crippen LogP contribution in [0, 0.1) is 0 Å². The third kappa shape index (κ3) is 2.11. The van der Waals surface area contributed by atoms with Crippen molar-refractivity contribution in [2.75, 3.05) is 7.11 Å². The fourth-order valence-electron chi connectivity index (χ4n) is 2.76. The molecule has 0 spiro atoms. The van der Waals surface area contributed by atoms with Gasteiger partial charge in [-0.1, -0.05) is 42.5 Å². The Balaban J connectivity index is 2.50. The number of methoxy groups -OCH3 is 1. The lowest BCUT2D eigenvalue weighted by molar-refractivity contribution is 0.420. The monoisotopic (exact) mass is 279 g/mol. The van der Waals surface area contributed by atoms with Gasteiger partial charge in [0, 0.05) is 11.9 Å². The number of hydrogen-bond donors (Lipinski definition) is 0. The van der Waals surface area contributed by atoms with Crippen LogP contribution in [-0.2, 0) is 6.54 Å². The molecule has 0 N–H and O–H groups in total. The molecular weight excluding hydrogens is 262 g/mol. The van der Waals surface area contributed by atoms with Gasteiger partial charge in [0.05, 0.1) is 18.2 Å². The minimum absolute atomic E-state index is 0.0146. The number of ether oxygens (including phenoxy) is 1. The van der Waals surface area contributed by atoms with Gasteiger partial charge in [-0.15, -0.1) is 0 Å². The predicted octanol–water partition coefficient (Wildman–Crippen LogP) is 3.70. The molecule has 0 saturated heterocycles. The third-order valence-electron chi connectivity index (χ3n) is 3.71. The van der Waals surface area contributed by atoms with E-state index in [4.69, 9.17) is 4.74 Å². The number of benzene rings is 2. The number of fused-ring (bicyclic) bond motifs is 1. The first-order chi connectivity index (χ1) is 10.3. The van der Waals surface area contributed by atoms with E-state index in [9.17, 15) is 4.79 Å². The van der Waals surface area contributed by atoms with Gasteiger partial charge in [-0.3, -0.25) is 4.79 Å². The van der Waals surface area contributed by atoms with Crippen LogP contribution in [0.25, 0.3) is 22.0 Å². The van der Waals surface area contributed by atoms with Crippen molar-refractivity contribution in [3.05, 3.63) is 65.0 Å². The lowest BCUT2D eigenvalue weighted by Gasteiger charge is -2.16. The van der Waals surface area contributed by atoms with Crippen molar-refractivity contribution in [2.24, 2.45) is 0 Å². The number of para-hydroxylation sites is 1. The van der Waals surface area contributed by atoms with Crippen LogP contribution in [0.15, 0.2) is 59.4 Å². The summed E-state index contributed by atoms with van der Waals surface area (Å²) in [6.07, 6.45) is 0. The number of nitrogens with zero attached hydrogens (tertiary/aromatic N) is 1. The molecule has 21 heavy (non-hydrogen) atoms. The molecule has 0 aliphatic heterocycles. The molecule has 0 amide bonds. The molecule has 3 aromatic rings. The number of hydrogen-bond acceptors (Lipinski definition) is 2. The molecule has 1 aromatic heterocycles. The Morgan fingerprint density at radius 2 is 1.67 bits per heavy atom. The Bertz CT molecular complexity index is 835. The Hall–Kier alpha value is -2.55. The molecule has 106 valence electrons. The summed E-state index contributed by atoms with van der Waals surface area (Å²) in [6.45, 7) is 2.61. The fraction of sp³-hybridized carbons (Fsp3) is 0.167. The average Bonchev–Trinajstić information content (AvgIpc) is 2.54. The molecule has 0 unspecified atom stereocenters. The molecule has 0 atom stereocenters. The first kappa shape index (κ1) is 13.4. The smallest absolute Gasteiger partial charge is 0.262 e. The minimum atomic E-state index is -0.0146. The third-order valence-corrected chi connectivity index (χ3v) is 3.71. The van der Waals surface area contributed by atoms with Crippen LogP contribution >= 0.6 is 0 Å². The van der Waals surface area contributed by atoms with Crippen molar-refractivity contribution in [1.29, 1.82) is 0 Å². The molecule has 3 rings (SSSR count).